The van der Waals surface area contributed by atoms with Crippen LogP contribution < -0.4 is 15.0 Å². The van der Waals surface area contributed by atoms with E-state index in [9.17, 15) is 29.8 Å². The van der Waals surface area contributed by atoms with E-state index in [-0.39, 0.29) is 5.75 Å². The van der Waals surface area contributed by atoms with E-state index in [0.717, 1.165) is 11.8 Å². The van der Waals surface area contributed by atoms with Crippen LogP contribution in [0.4, 0.5) is 17.1 Å². The van der Waals surface area contributed by atoms with Crippen molar-refractivity contribution >= 4 is 28.9 Å². The summed E-state index contributed by atoms with van der Waals surface area (Å²) in [7, 11) is 3.64. The second-order valence-electron chi connectivity index (χ2n) is 5.92. The molecule has 0 aliphatic rings. The van der Waals surface area contributed by atoms with Gasteiger partial charge in [-0.15, -0.1) is 0 Å². The maximum Gasteiger partial charge on any atom is 0.322 e. The molecule has 12 nitrogen and oxygen atoms in total. The quantitative estimate of drug-likeness (QED) is 0.495. The third kappa shape index (κ3) is 5.15. The van der Waals surface area contributed by atoms with Crippen LogP contribution in [-0.4, -0.2) is 47.5 Å². The Balaban J connectivity index is 2.49. The van der Waals surface area contributed by atoms with E-state index in [2.05, 4.69) is 0 Å². The van der Waals surface area contributed by atoms with Crippen molar-refractivity contribution in [1.29, 1.82) is 0 Å². The fraction of sp³-hybridized carbons (Fsp3) is 0.176. The van der Waals surface area contributed by atoms with Gasteiger partial charge >= 0.3 is 11.7 Å². The maximum atomic E-state index is 12.2. The molecule has 0 atom stereocenters. The number of anilines is 1. The molecule has 1 amide bonds. The molecule has 2 N–H and O–H groups in total. The fourth-order valence-electron chi connectivity index (χ4n) is 2.31. The molecular formula is C17H16N4O8. The Bertz CT molecular complexity index is 972. The van der Waals surface area contributed by atoms with Crippen molar-refractivity contribution in [2.75, 3.05) is 25.5 Å². The first kappa shape index (κ1) is 21.1. The van der Waals surface area contributed by atoms with Gasteiger partial charge < -0.3 is 20.1 Å². The van der Waals surface area contributed by atoms with Crippen molar-refractivity contribution < 1.29 is 29.3 Å². The Morgan fingerprint density at radius 1 is 1.07 bits per heavy atom. The number of aliphatic carboxylic acids is 1. The number of nitrogens with one attached hydrogen (secondary N) is 1. The highest BCUT2D eigenvalue weighted by Crippen LogP contribution is 2.37. The number of carbonyl (C=O) groups is 2. The number of rotatable bonds is 8. The van der Waals surface area contributed by atoms with Crippen molar-refractivity contribution in [1.82, 2.24) is 5.32 Å². The van der Waals surface area contributed by atoms with Gasteiger partial charge in [-0.2, -0.15) is 0 Å². The monoisotopic (exact) mass is 404 g/mol. The van der Waals surface area contributed by atoms with Gasteiger partial charge in [0, 0.05) is 25.8 Å². The second kappa shape index (κ2) is 8.65. The Kier molecular flexibility index (Phi) is 6.29. The molecule has 2 rings (SSSR count). The van der Waals surface area contributed by atoms with E-state index in [1.54, 1.807) is 12.1 Å². The van der Waals surface area contributed by atoms with Gasteiger partial charge in [0.15, 0.2) is 0 Å². The molecule has 0 spiro atoms. The topological polar surface area (TPSA) is 165 Å². The first-order valence-corrected chi connectivity index (χ1v) is 8.02. The average molecular weight is 404 g/mol. The number of nitro groups is 2. The first-order chi connectivity index (χ1) is 13.6. The molecule has 0 saturated carbocycles. The van der Waals surface area contributed by atoms with Gasteiger partial charge in [-0.05, 0) is 24.3 Å². The molecule has 2 aromatic rings. The lowest BCUT2D eigenvalue weighted by Gasteiger charge is -2.13. The van der Waals surface area contributed by atoms with Crippen LogP contribution in [0.25, 0.3) is 0 Å². The van der Waals surface area contributed by atoms with E-state index in [4.69, 9.17) is 9.84 Å². The lowest BCUT2D eigenvalue weighted by atomic mass is 10.1. The molecule has 2 aromatic carbocycles. The number of carboxylic acids is 1. The van der Waals surface area contributed by atoms with Gasteiger partial charge in [0.05, 0.1) is 15.9 Å². The number of benzene rings is 2. The summed E-state index contributed by atoms with van der Waals surface area (Å²) >= 11 is 0. The van der Waals surface area contributed by atoms with Crippen molar-refractivity contribution in [3.05, 3.63) is 62.2 Å². The minimum atomic E-state index is -1.36. The fourth-order valence-corrected chi connectivity index (χ4v) is 2.31. The summed E-state index contributed by atoms with van der Waals surface area (Å²) in [6.45, 7) is -0.783. The largest absolute Gasteiger partial charge is 0.480 e. The zero-order valence-corrected chi connectivity index (χ0v) is 15.3. The molecule has 0 fully saturated rings. The van der Waals surface area contributed by atoms with Gasteiger partial charge in [0.2, 0.25) is 5.75 Å². The second-order valence-corrected chi connectivity index (χ2v) is 5.92. The number of nitro benzene ring substituents is 2. The summed E-state index contributed by atoms with van der Waals surface area (Å²) in [4.78, 5) is 45.3. The number of nitrogens with zero attached hydrogens (tertiary/aromatic N) is 3. The normalized spacial score (nSPS) is 10.1. The van der Waals surface area contributed by atoms with Crippen molar-refractivity contribution in [2.45, 2.75) is 0 Å². The Hall–Kier alpha value is -4.22. The zero-order valence-electron chi connectivity index (χ0n) is 15.3. The molecule has 0 aliphatic heterocycles. The Morgan fingerprint density at radius 3 is 2.14 bits per heavy atom. The number of hydrogen-bond donors (Lipinski definition) is 2. The van der Waals surface area contributed by atoms with Crippen LogP contribution in [0.2, 0.25) is 0 Å². The first-order valence-electron chi connectivity index (χ1n) is 8.02. The van der Waals surface area contributed by atoms with Crippen LogP contribution in [-0.2, 0) is 4.79 Å². The van der Waals surface area contributed by atoms with Crippen molar-refractivity contribution in [3.8, 4) is 11.5 Å². The van der Waals surface area contributed by atoms with Gasteiger partial charge in [-0.25, -0.2) is 0 Å². The predicted octanol–water partition coefficient (Wildman–Crippen LogP) is 2.18. The predicted molar refractivity (Wildman–Crippen MR) is 101 cm³/mol. The molecule has 29 heavy (non-hydrogen) atoms. The molecule has 0 bridgehead atoms. The third-order valence-electron chi connectivity index (χ3n) is 3.70. The Labute approximate surface area is 163 Å². The van der Waals surface area contributed by atoms with Crippen LogP contribution in [0.15, 0.2) is 36.4 Å². The van der Waals surface area contributed by atoms with E-state index in [0.29, 0.717) is 6.07 Å². The summed E-state index contributed by atoms with van der Waals surface area (Å²) in [5.41, 5.74) is -1.30. The summed E-state index contributed by atoms with van der Waals surface area (Å²) in [6.07, 6.45) is 0. The van der Waals surface area contributed by atoms with E-state index < -0.39 is 51.0 Å². The molecule has 0 aromatic heterocycles. The third-order valence-corrected chi connectivity index (χ3v) is 3.70. The van der Waals surface area contributed by atoms with Gasteiger partial charge in [-0.1, -0.05) is 0 Å². The van der Waals surface area contributed by atoms with Gasteiger partial charge in [-0.3, -0.25) is 29.8 Å². The lowest BCUT2D eigenvalue weighted by Crippen LogP contribution is -2.29. The minimum absolute atomic E-state index is 0.199. The van der Waals surface area contributed by atoms with Crippen LogP contribution in [0.3, 0.4) is 0 Å². The van der Waals surface area contributed by atoms with Crippen molar-refractivity contribution in [3.63, 3.8) is 0 Å². The molecule has 0 heterocycles. The maximum absolute atomic E-state index is 12.2. The standard InChI is InChI=1S/C17H16N4O8/c1-19(2)10-3-5-11(6-4-10)29-15-7-12(17(24)18-9-16(22)23)13(20(25)26)8-14(15)21(27)28/h3-8H,9H2,1-2H3,(H,18,24)(H,22,23). The van der Waals surface area contributed by atoms with Crippen LogP contribution in [0.1, 0.15) is 10.4 Å². The average Bonchev–Trinajstić information content (AvgIpc) is 2.65. The van der Waals surface area contributed by atoms with E-state index in [1.165, 1.54) is 12.1 Å². The molecule has 0 aliphatic carbocycles. The van der Waals surface area contributed by atoms with E-state index >= 15 is 0 Å². The summed E-state index contributed by atoms with van der Waals surface area (Å²) in [5.74, 6) is -2.65. The summed E-state index contributed by atoms with van der Waals surface area (Å²) in [6, 6.07) is 7.88. The van der Waals surface area contributed by atoms with E-state index in [1.807, 2.05) is 24.3 Å². The Morgan fingerprint density at radius 2 is 1.66 bits per heavy atom. The molecular weight excluding hydrogens is 388 g/mol. The highest BCUT2D eigenvalue weighted by atomic mass is 16.6. The highest BCUT2D eigenvalue weighted by molar-refractivity contribution is 6.00. The molecule has 0 unspecified atom stereocenters. The van der Waals surface area contributed by atoms with Crippen LogP contribution in [0.5, 0.6) is 11.5 Å². The number of ether oxygens (including phenoxy) is 1. The molecule has 0 radical (unpaired) electrons. The SMILES string of the molecule is CN(C)c1ccc(Oc2cc(C(=O)NCC(=O)O)c([N+](=O)[O-])cc2[N+](=O)[O-])cc1. The van der Waals surface area contributed by atoms with Crippen molar-refractivity contribution in [2.24, 2.45) is 0 Å². The highest BCUT2D eigenvalue weighted by Gasteiger charge is 2.29. The molecule has 12 heteroatoms. The van der Waals surface area contributed by atoms with Gasteiger partial charge in [0.1, 0.15) is 17.9 Å². The molecule has 152 valence electrons. The summed E-state index contributed by atoms with van der Waals surface area (Å²) < 4.78 is 5.48. The number of hydrogen-bond acceptors (Lipinski definition) is 8. The lowest BCUT2D eigenvalue weighted by molar-refractivity contribution is -0.394. The number of carboxylic acid groups (broad SMARTS) is 1. The smallest absolute Gasteiger partial charge is 0.322 e. The zero-order chi connectivity index (χ0) is 21.7. The summed E-state index contributed by atoms with van der Waals surface area (Å²) in [5, 5.41) is 33.2. The van der Waals surface area contributed by atoms with Crippen LogP contribution >= 0.6 is 0 Å². The van der Waals surface area contributed by atoms with Gasteiger partial charge in [0.25, 0.3) is 11.6 Å². The number of amides is 1. The number of carbonyl (C=O) groups excluding carboxylic acids is 1. The minimum Gasteiger partial charge on any atom is -0.480 e. The van der Waals surface area contributed by atoms with Crippen LogP contribution in [0, 0.1) is 20.2 Å². The molecule has 0 saturated heterocycles.